The van der Waals surface area contributed by atoms with Crippen molar-refractivity contribution in [3.8, 4) is 0 Å². The topological polar surface area (TPSA) is 23.8 Å². The molecule has 1 nitrogen and oxygen atoms in total. The van der Waals surface area contributed by atoms with Crippen LogP contribution in [0.3, 0.4) is 0 Å². The van der Waals surface area contributed by atoms with E-state index >= 15 is 0 Å². The smallest absolute Gasteiger partial charge is 0.677 e. The quantitative estimate of drug-likeness (QED) is 0.376. The Bertz CT molecular complexity index is 21.5. The molecule has 0 atom stereocenters. The van der Waals surface area contributed by atoms with E-state index in [1.165, 1.54) is 0 Å². The van der Waals surface area contributed by atoms with Gasteiger partial charge in [0.2, 0.25) is 0 Å². The molecule has 0 saturated carbocycles. The molecular weight excluding hydrogens is 101 g/mol. The molecule has 32 valence electrons. The molecule has 0 amide bonds. The van der Waals surface area contributed by atoms with E-state index < -0.39 is 0 Å². The number of nitrogens with one attached hydrogen (secondary N) is 1. The molecule has 6 heavy (non-hydrogen) atoms. The molecule has 0 saturated heterocycles. The Balaban J connectivity index is 0. The predicted molar refractivity (Wildman–Crippen MR) is 24.0 cm³/mol. The first kappa shape index (κ1) is 10.6. The van der Waals surface area contributed by atoms with Gasteiger partial charge in [-0.1, -0.05) is 19.8 Å². The second kappa shape index (κ2) is 6.60. The average molecular weight is 111 g/mol. The van der Waals surface area contributed by atoms with Crippen molar-refractivity contribution in [3.05, 3.63) is 5.73 Å². The maximum Gasteiger partial charge on any atom is 1.00 e. The molecule has 0 aromatic heterocycles. The fraction of sp³-hybridized carbons (Fsp3) is 1.00. The molecular formula is C4H10KN. The predicted octanol–water partition coefficient (Wildman–Crippen LogP) is -1.30. The normalized spacial score (nSPS) is 8.00. The minimum Gasteiger partial charge on any atom is -0.677 e. The van der Waals surface area contributed by atoms with Crippen LogP contribution in [-0.4, -0.2) is 6.54 Å². The van der Waals surface area contributed by atoms with E-state index in [1.54, 1.807) is 0 Å². The van der Waals surface area contributed by atoms with Crippen molar-refractivity contribution in [2.24, 2.45) is 5.92 Å². The first-order valence-corrected chi connectivity index (χ1v) is 1.92. The molecule has 0 fully saturated rings. The maximum absolute atomic E-state index is 6.66. The van der Waals surface area contributed by atoms with Gasteiger partial charge in [-0.3, -0.25) is 0 Å². The zero-order chi connectivity index (χ0) is 4.28. The van der Waals surface area contributed by atoms with E-state index in [0.717, 1.165) is 0 Å². The first-order valence-electron chi connectivity index (χ1n) is 1.92. The first-order chi connectivity index (χ1) is 2.27. The van der Waals surface area contributed by atoms with Crippen molar-refractivity contribution in [1.82, 2.24) is 0 Å². The zero-order valence-electron chi connectivity index (χ0n) is 4.78. The van der Waals surface area contributed by atoms with Gasteiger partial charge in [-0.25, -0.2) is 0 Å². The van der Waals surface area contributed by atoms with Crippen molar-refractivity contribution in [2.45, 2.75) is 13.8 Å². The van der Waals surface area contributed by atoms with Crippen LogP contribution >= 0.6 is 0 Å². The van der Waals surface area contributed by atoms with Crippen molar-refractivity contribution in [1.29, 1.82) is 0 Å². The Hall–Kier alpha value is 1.60. The van der Waals surface area contributed by atoms with E-state index in [4.69, 9.17) is 5.73 Å². The third-order valence-corrected chi connectivity index (χ3v) is 0.408. The SMILES string of the molecule is CC(C)C[NH-].[K+]. The average Bonchev–Trinajstić information content (AvgIpc) is 1.38. The molecule has 0 rings (SSSR count). The summed E-state index contributed by atoms with van der Waals surface area (Å²) in [5, 5.41) is 0. The van der Waals surface area contributed by atoms with Gasteiger partial charge in [-0.15, -0.1) is 6.54 Å². The molecule has 0 heterocycles. The summed E-state index contributed by atoms with van der Waals surface area (Å²) in [6.45, 7) is 4.62. The van der Waals surface area contributed by atoms with Crippen molar-refractivity contribution >= 4 is 0 Å². The van der Waals surface area contributed by atoms with Crippen LogP contribution in [0.5, 0.6) is 0 Å². The minimum atomic E-state index is 0. The van der Waals surface area contributed by atoms with Crippen LogP contribution in [-0.2, 0) is 0 Å². The van der Waals surface area contributed by atoms with Crippen molar-refractivity contribution in [2.75, 3.05) is 6.54 Å². The fourth-order valence-corrected chi connectivity index (χ4v) is 0. The Labute approximate surface area is 82.1 Å². The number of rotatable bonds is 1. The minimum absolute atomic E-state index is 0. The molecule has 0 aromatic rings. The monoisotopic (exact) mass is 111 g/mol. The van der Waals surface area contributed by atoms with Gasteiger partial charge in [0.1, 0.15) is 0 Å². The Morgan fingerprint density at radius 3 is 1.67 bits per heavy atom. The van der Waals surface area contributed by atoms with Gasteiger partial charge in [0.15, 0.2) is 0 Å². The van der Waals surface area contributed by atoms with E-state index in [-0.39, 0.29) is 51.4 Å². The zero-order valence-corrected chi connectivity index (χ0v) is 7.91. The van der Waals surface area contributed by atoms with E-state index in [1.807, 2.05) is 13.8 Å². The van der Waals surface area contributed by atoms with Gasteiger partial charge >= 0.3 is 51.4 Å². The number of hydrogen-bond acceptors (Lipinski definition) is 0. The summed E-state index contributed by atoms with van der Waals surface area (Å²) in [6, 6.07) is 0. The summed E-state index contributed by atoms with van der Waals surface area (Å²) in [6.07, 6.45) is 0. The molecule has 0 bridgehead atoms. The van der Waals surface area contributed by atoms with E-state index in [0.29, 0.717) is 12.5 Å². The summed E-state index contributed by atoms with van der Waals surface area (Å²) in [7, 11) is 0. The van der Waals surface area contributed by atoms with Gasteiger partial charge in [0.05, 0.1) is 0 Å². The van der Waals surface area contributed by atoms with Crippen LogP contribution in [0.15, 0.2) is 0 Å². The summed E-state index contributed by atoms with van der Waals surface area (Å²) < 4.78 is 0. The standard InChI is InChI=1S/C4H10N.K/c1-4(2)3-5;/h4-5H,3H2,1-2H3;/q-1;+1. The molecule has 1 N–H and O–H groups in total. The van der Waals surface area contributed by atoms with Crippen molar-refractivity contribution < 1.29 is 51.4 Å². The van der Waals surface area contributed by atoms with Gasteiger partial charge in [-0.05, 0) is 0 Å². The Morgan fingerprint density at radius 2 is 1.67 bits per heavy atom. The summed E-state index contributed by atoms with van der Waals surface area (Å²) in [5.41, 5.74) is 6.66. The summed E-state index contributed by atoms with van der Waals surface area (Å²) >= 11 is 0. The largest absolute Gasteiger partial charge is 1.00 e. The van der Waals surface area contributed by atoms with Crippen molar-refractivity contribution in [3.63, 3.8) is 0 Å². The second-order valence-electron chi connectivity index (χ2n) is 1.60. The van der Waals surface area contributed by atoms with Crippen LogP contribution in [0.2, 0.25) is 0 Å². The maximum atomic E-state index is 6.66. The van der Waals surface area contributed by atoms with Crippen LogP contribution in [0.1, 0.15) is 13.8 Å². The second-order valence-corrected chi connectivity index (χ2v) is 1.60. The van der Waals surface area contributed by atoms with Crippen LogP contribution in [0, 0.1) is 5.92 Å². The molecule has 0 spiro atoms. The fourth-order valence-electron chi connectivity index (χ4n) is 0. The Morgan fingerprint density at radius 1 is 1.50 bits per heavy atom. The van der Waals surface area contributed by atoms with E-state index in [9.17, 15) is 0 Å². The third kappa shape index (κ3) is 9.14. The van der Waals surface area contributed by atoms with Gasteiger partial charge < -0.3 is 5.73 Å². The molecule has 0 aromatic carbocycles. The van der Waals surface area contributed by atoms with Gasteiger partial charge in [0.25, 0.3) is 0 Å². The van der Waals surface area contributed by atoms with Gasteiger partial charge in [0, 0.05) is 0 Å². The molecule has 0 aliphatic rings. The molecule has 0 aliphatic heterocycles. The van der Waals surface area contributed by atoms with Crippen LogP contribution in [0.25, 0.3) is 5.73 Å². The molecule has 0 unspecified atom stereocenters. The number of hydrogen-bond donors (Lipinski definition) is 0. The van der Waals surface area contributed by atoms with Crippen LogP contribution < -0.4 is 51.4 Å². The van der Waals surface area contributed by atoms with Crippen LogP contribution in [0.4, 0.5) is 0 Å². The Kier molecular flexibility index (Phi) is 11.6. The summed E-state index contributed by atoms with van der Waals surface area (Å²) in [4.78, 5) is 0. The molecule has 2 heteroatoms. The van der Waals surface area contributed by atoms with Gasteiger partial charge in [-0.2, -0.15) is 0 Å². The van der Waals surface area contributed by atoms with E-state index in [2.05, 4.69) is 0 Å². The molecule has 0 aliphatic carbocycles. The summed E-state index contributed by atoms with van der Waals surface area (Å²) in [5.74, 6) is 0.551. The molecule has 0 radical (unpaired) electrons. The third-order valence-electron chi connectivity index (χ3n) is 0.408.